The van der Waals surface area contributed by atoms with Crippen LogP contribution in [0.3, 0.4) is 0 Å². The first kappa shape index (κ1) is 29.0. The van der Waals surface area contributed by atoms with Crippen LogP contribution in [0.2, 0.25) is 0 Å². The van der Waals surface area contributed by atoms with Gasteiger partial charge in [0, 0.05) is 35.3 Å². The molecule has 0 atom stereocenters. The second-order valence-corrected chi connectivity index (χ2v) is 10.7. The molecule has 0 aliphatic carbocycles. The summed E-state index contributed by atoms with van der Waals surface area (Å²) in [6.07, 6.45) is 0.797. The Bertz CT molecular complexity index is 1570. The fraction of sp³-hybridized carbons (Fsp3) is 0.250. The van der Waals surface area contributed by atoms with Crippen molar-refractivity contribution in [2.75, 3.05) is 13.1 Å². The van der Waals surface area contributed by atoms with E-state index in [9.17, 15) is 14.8 Å². The Morgan fingerprint density at radius 3 is 2.38 bits per heavy atom. The molecule has 1 fully saturated rings. The van der Waals surface area contributed by atoms with Gasteiger partial charge in [-0.1, -0.05) is 36.4 Å². The van der Waals surface area contributed by atoms with Gasteiger partial charge >= 0.3 is 0 Å². The van der Waals surface area contributed by atoms with Gasteiger partial charge in [-0.2, -0.15) is 0 Å². The molecule has 0 bridgehead atoms. The summed E-state index contributed by atoms with van der Waals surface area (Å²) in [5.41, 5.74) is 4.13. The summed E-state index contributed by atoms with van der Waals surface area (Å²) < 4.78 is 11.8. The number of pyridine rings is 1. The Balaban J connectivity index is 1.22. The number of aryl methyl sites for hydroxylation is 1. The van der Waals surface area contributed by atoms with Gasteiger partial charge in [0.15, 0.2) is 0 Å². The standard InChI is InChI=1S/C32H32N4O5S/c1-22-19-24(27-9-5-6-10-28(27)33-22)21-40-25-13-11-23(12-14-25)30(38)34-32(20-29(37)35-39)15-17-36(18-16-32)31(42)41-26-7-3-2-4-8-26/h2-14,19,39H,15-18,20-21H2,1H3,(H,34,38)(H,35,37). The third kappa shape index (κ3) is 7.02. The smallest absolute Gasteiger partial charge is 0.264 e. The second-order valence-electron chi connectivity index (χ2n) is 10.4. The van der Waals surface area contributed by atoms with Crippen molar-refractivity contribution in [3.63, 3.8) is 0 Å². The molecular weight excluding hydrogens is 552 g/mol. The minimum absolute atomic E-state index is 0.0735. The molecule has 1 aliphatic heterocycles. The van der Waals surface area contributed by atoms with Crippen LogP contribution >= 0.6 is 12.2 Å². The van der Waals surface area contributed by atoms with Crippen molar-refractivity contribution in [1.82, 2.24) is 20.7 Å². The largest absolute Gasteiger partial charge is 0.489 e. The molecular formula is C32H32N4O5S. The van der Waals surface area contributed by atoms with E-state index in [0.717, 1.165) is 22.2 Å². The molecule has 1 aliphatic rings. The van der Waals surface area contributed by atoms with E-state index in [1.54, 1.807) is 29.7 Å². The number of rotatable bonds is 8. The molecule has 2 amide bonds. The second kappa shape index (κ2) is 13.0. The molecule has 3 aromatic carbocycles. The number of para-hydroxylation sites is 2. The lowest BCUT2D eigenvalue weighted by atomic mass is 9.83. The fourth-order valence-corrected chi connectivity index (χ4v) is 5.43. The molecule has 9 nitrogen and oxygen atoms in total. The zero-order chi connectivity index (χ0) is 29.5. The van der Waals surface area contributed by atoms with Crippen LogP contribution in [0.25, 0.3) is 10.9 Å². The Morgan fingerprint density at radius 2 is 1.67 bits per heavy atom. The van der Waals surface area contributed by atoms with Crippen LogP contribution in [0.4, 0.5) is 0 Å². The highest BCUT2D eigenvalue weighted by Crippen LogP contribution is 2.28. The quantitative estimate of drug-likeness (QED) is 0.152. The van der Waals surface area contributed by atoms with E-state index < -0.39 is 11.4 Å². The minimum Gasteiger partial charge on any atom is -0.489 e. The number of hydrogen-bond acceptors (Lipinski definition) is 7. The fourth-order valence-electron chi connectivity index (χ4n) is 5.15. The SMILES string of the molecule is Cc1cc(COc2ccc(C(=O)NC3(CC(=O)NO)CCN(C(=S)Oc4ccccc4)CC3)cc2)c2ccccc2n1. The van der Waals surface area contributed by atoms with Crippen molar-refractivity contribution in [1.29, 1.82) is 0 Å². The van der Waals surface area contributed by atoms with E-state index in [2.05, 4.69) is 10.3 Å². The van der Waals surface area contributed by atoms with Crippen molar-refractivity contribution in [2.24, 2.45) is 0 Å². The zero-order valence-electron chi connectivity index (χ0n) is 23.2. The van der Waals surface area contributed by atoms with Crippen molar-refractivity contribution in [3.05, 3.63) is 102 Å². The number of likely N-dealkylation sites (tertiary alicyclic amines) is 1. The molecule has 216 valence electrons. The lowest BCUT2D eigenvalue weighted by Gasteiger charge is -2.42. The molecule has 1 saturated heterocycles. The number of ether oxygens (including phenoxy) is 2. The van der Waals surface area contributed by atoms with E-state index in [1.807, 2.05) is 72.5 Å². The van der Waals surface area contributed by atoms with Crippen molar-refractivity contribution < 1.29 is 24.3 Å². The third-order valence-corrected chi connectivity index (χ3v) is 7.71. The van der Waals surface area contributed by atoms with Crippen LogP contribution in [0.1, 0.15) is 40.9 Å². The predicted octanol–water partition coefficient (Wildman–Crippen LogP) is 4.95. The molecule has 0 unspecified atom stereocenters. The van der Waals surface area contributed by atoms with E-state index in [4.69, 9.17) is 21.7 Å². The normalized spacial score (nSPS) is 14.2. The number of carbonyl (C=O) groups is 2. The number of hydrogen-bond donors (Lipinski definition) is 3. The summed E-state index contributed by atoms with van der Waals surface area (Å²) in [6.45, 7) is 3.26. The van der Waals surface area contributed by atoms with Gasteiger partial charge in [-0.25, -0.2) is 5.48 Å². The average molecular weight is 585 g/mol. The number of fused-ring (bicyclic) bond motifs is 1. The third-order valence-electron chi connectivity index (χ3n) is 7.37. The van der Waals surface area contributed by atoms with Gasteiger partial charge in [0.2, 0.25) is 5.91 Å². The Morgan fingerprint density at radius 1 is 0.976 bits per heavy atom. The van der Waals surface area contributed by atoms with Crippen LogP contribution in [-0.2, 0) is 11.4 Å². The zero-order valence-corrected chi connectivity index (χ0v) is 24.0. The molecule has 3 N–H and O–H groups in total. The van der Waals surface area contributed by atoms with Crippen LogP contribution < -0.4 is 20.3 Å². The number of carbonyl (C=O) groups excluding carboxylic acids is 2. The first-order valence-electron chi connectivity index (χ1n) is 13.7. The number of nitrogens with zero attached hydrogens (tertiary/aromatic N) is 2. The van der Waals surface area contributed by atoms with Gasteiger partial charge in [-0.05, 0) is 80.5 Å². The van der Waals surface area contributed by atoms with Crippen LogP contribution in [-0.4, -0.2) is 50.7 Å². The maximum Gasteiger partial charge on any atom is 0.264 e. The number of piperidine rings is 1. The number of amides is 2. The van der Waals surface area contributed by atoms with Gasteiger partial charge < -0.3 is 19.7 Å². The Hall–Kier alpha value is -4.54. The number of thiocarbonyl (C=S) groups is 1. The maximum absolute atomic E-state index is 13.3. The van der Waals surface area contributed by atoms with Crippen LogP contribution in [0, 0.1) is 6.92 Å². The highest BCUT2D eigenvalue weighted by Gasteiger charge is 2.39. The molecule has 0 spiro atoms. The lowest BCUT2D eigenvalue weighted by molar-refractivity contribution is -0.131. The maximum atomic E-state index is 13.3. The molecule has 10 heteroatoms. The van der Waals surface area contributed by atoms with Gasteiger partial charge in [-0.3, -0.25) is 19.8 Å². The van der Waals surface area contributed by atoms with Crippen LogP contribution in [0.15, 0.2) is 84.9 Å². The van der Waals surface area contributed by atoms with E-state index in [1.165, 1.54) is 0 Å². The van der Waals surface area contributed by atoms with Gasteiger partial charge in [0.25, 0.3) is 11.1 Å². The average Bonchev–Trinajstić information content (AvgIpc) is 3.00. The van der Waals surface area contributed by atoms with Crippen LogP contribution in [0.5, 0.6) is 11.5 Å². The summed E-state index contributed by atoms with van der Waals surface area (Å²) in [4.78, 5) is 32.0. The molecule has 1 aromatic heterocycles. The summed E-state index contributed by atoms with van der Waals surface area (Å²) in [5, 5.41) is 13.6. The summed E-state index contributed by atoms with van der Waals surface area (Å²) in [6, 6.07) is 26.1. The first-order chi connectivity index (χ1) is 20.3. The number of aromatic nitrogens is 1. The highest BCUT2D eigenvalue weighted by atomic mass is 32.1. The van der Waals surface area contributed by atoms with Crippen molar-refractivity contribution >= 4 is 40.1 Å². The lowest BCUT2D eigenvalue weighted by Crippen LogP contribution is -2.58. The summed E-state index contributed by atoms with van der Waals surface area (Å²) >= 11 is 5.48. The number of benzene rings is 3. The van der Waals surface area contributed by atoms with E-state index >= 15 is 0 Å². The Kier molecular flexibility index (Phi) is 8.94. The molecule has 5 rings (SSSR count). The number of hydroxylamine groups is 1. The summed E-state index contributed by atoms with van der Waals surface area (Å²) in [5.74, 6) is 0.373. The molecule has 4 aromatic rings. The first-order valence-corrected chi connectivity index (χ1v) is 14.1. The molecule has 42 heavy (non-hydrogen) atoms. The van der Waals surface area contributed by atoms with Gasteiger partial charge in [-0.15, -0.1) is 0 Å². The topological polar surface area (TPSA) is 113 Å². The molecule has 0 radical (unpaired) electrons. The number of nitrogens with one attached hydrogen (secondary N) is 2. The van der Waals surface area contributed by atoms with E-state index in [0.29, 0.717) is 54.8 Å². The molecule has 0 saturated carbocycles. The molecule has 2 heterocycles. The predicted molar refractivity (Wildman–Crippen MR) is 162 cm³/mol. The Labute approximate surface area is 249 Å². The highest BCUT2D eigenvalue weighted by molar-refractivity contribution is 7.80. The monoisotopic (exact) mass is 584 g/mol. The van der Waals surface area contributed by atoms with Crippen molar-refractivity contribution in [2.45, 2.75) is 38.3 Å². The summed E-state index contributed by atoms with van der Waals surface area (Å²) in [7, 11) is 0. The van der Waals surface area contributed by atoms with E-state index in [-0.39, 0.29) is 12.3 Å². The van der Waals surface area contributed by atoms with Crippen molar-refractivity contribution in [3.8, 4) is 11.5 Å². The van der Waals surface area contributed by atoms with Gasteiger partial charge in [0.1, 0.15) is 18.1 Å². The van der Waals surface area contributed by atoms with Gasteiger partial charge in [0.05, 0.1) is 17.5 Å². The minimum atomic E-state index is -0.863.